The third-order valence-corrected chi connectivity index (χ3v) is 4.01. The first kappa shape index (κ1) is 20.4. The number of benzene rings is 2. The average Bonchev–Trinajstić information content (AvgIpc) is 2.58. The highest BCUT2D eigenvalue weighted by molar-refractivity contribution is 5.27. The Kier molecular flexibility index (Phi) is 7.20. The molecule has 26 heavy (non-hydrogen) atoms. The summed E-state index contributed by atoms with van der Waals surface area (Å²) in [6, 6.07) is 15.4. The lowest BCUT2D eigenvalue weighted by molar-refractivity contribution is -0.137. The van der Waals surface area contributed by atoms with E-state index in [9.17, 15) is 13.2 Å². The quantitative estimate of drug-likeness (QED) is 0.644. The number of rotatable bonds is 8. The first-order valence-electron chi connectivity index (χ1n) is 8.45. The maximum atomic E-state index is 12.9. The lowest BCUT2D eigenvalue weighted by Crippen LogP contribution is -2.28. The van der Waals surface area contributed by atoms with Gasteiger partial charge in [0, 0.05) is 13.1 Å². The van der Waals surface area contributed by atoms with Gasteiger partial charge >= 0.3 is 6.18 Å². The molecule has 0 aliphatic rings. The summed E-state index contributed by atoms with van der Waals surface area (Å²) in [5.41, 5.74) is 1.04. The van der Waals surface area contributed by atoms with E-state index < -0.39 is 18.0 Å². The van der Waals surface area contributed by atoms with E-state index in [1.165, 1.54) is 11.6 Å². The van der Waals surface area contributed by atoms with Crippen molar-refractivity contribution in [2.75, 3.05) is 34.3 Å². The fourth-order valence-electron chi connectivity index (χ4n) is 2.71. The van der Waals surface area contributed by atoms with Crippen molar-refractivity contribution in [2.24, 2.45) is 0 Å². The minimum atomic E-state index is -4.36. The van der Waals surface area contributed by atoms with Crippen LogP contribution in [0, 0.1) is 0 Å². The zero-order valence-electron chi connectivity index (χ0n) is 15.3. The van der Waals surface area contributed by atoms with Crippen LogP contribution in [0.25, 0.3) is 0 Å². The molecule has 0 saturated carbocycles. The highest BCUT2D eigenvalue weighted by Gasteiger charge is 2.31. The molecule has 0 aliphatic heterocycles. The Bertz CT molecular complexity index is 674. The first-order valence-corrected chi connectivity index (χ1v) is 8.45. The van der Waals surface area contributed by atoms with E-state index in [0.717, 1.165) is 18.7 Å². The van der Waals surface area contributed by atoms with E-state index in [4.69, 9.17) is 4.74 Å². The van der Waals surface area contributed by atoms with E-state index in [1.54, 1.807) is 25.1 Å². The molecule has 0 radical (unpaired) electrons. The molecular weight excluding hydrogens is 341 g/mol. The number of alkyl halides is 3. The van der Waals surface area contributed by atoms with Crippen molar-refractivity contribution in [3.63, 3.8) is 0 Å². The van der Waals surface area contributed by atoms with Gasteiger partial charge in [-0.1, -0.05) is 42.5 Å². The van der Waals surface area contributed by atoms with Crippen molar-refractivity contribution in [3.05, 3.63) is 71.3 Å². The van der Waals surface area contributed by atoms with Crippen LogP contribution in [0.1, 0.15) is 22.9 Å². The highest BCUT2D eigenvalue weighted by Crippen LogP contribution is 2.31. The van der Waals surface area contributed by atoms with E-state index in [-0.39, 0.29) is 0 Å². The molecule has 2 rings (SSSR count). The normalized spacial score (nSPS) is 13.4. The van der Waals surface area contributed by atoms with Crippen LogP contribution in [0.4, 0.5) is 13.2 Å². The van der Waals surface area contributed by atoms with Crippen LogP contribution in [0.5, 0.6) is 0 Å². The minimum absolute atomic E-state index is 0.419. The van der Waals surface area contributed by atoms with E-state index >= 15 is 0 Å². The van der Waals surface area contributed by atoms with Gasteiger partial charge in [-0.25, -0.2) is 0 Å². The van der Waals surface area contributed by atoms with Gasteiger partial charge in [-0.2, -0.15) is 13.2 Å². The minimum Gasteiger partial charge on any atom is -0.358 e. The molecule has 0 amide bonds. The van der Waals surface area contributed by atoms with Gasteiger partial charge in [-0.3, -0.25) is 9.80 Å². The van der Waals surface area contributed by atoms with Crippen LogP contribution < -0.4 is 0 Å². The monoisotopic (exact) mass is 366 g/mol. The van der Waals surface area contributed by atoms with Crippen LogP contribution in [-0.4, -0.2) is 44.1 Å². The number of ether oxygens (including phenoxy) is 1. The molecule has 3 nitrogen and oxygen atoms in total. The van der Waals surface area contributed by atoms with Gasteiger partial charge in [-0.15, -0.1) is 0 Å². The van der Waals surface area contributed by atoms with Gasteiger partial charge in [0.2, 0.25) is 0 Å². The maximum Gasteiger partial charge on any atom is 0.416 e. The molecule has 2 aromatic carbocycles. The summed E-state index contributed by atoms with van der Waals surface area (Å²) in [5, 5.41) is 0. The second kappa shape index (κ2) is 9.16. The molecule has 1 atom stereocenters. The molecule has 2 aromatic rings. The summed E-state index contributed by atoms with van der Waals surface area (Å²) in [4.78, 5) is 3.89. The lowest BCUT2D eigenvalue weighted by Gasteiger charge is -2.27. The second-order valence-electron chi connectivity index (χ2n) is 6.53. The smallest absolute Gasteiger partial charge is 0.358 e. The Balaban J connectivity index is 1.94. The van der Waals surface area contributed by atoms with Crippen molar-refractivity contribution in [3.8, 4) is 0 Å². The lowest BCUT2D eigenvalue weighted by atomic mass is 10.1. The Morgan fingerprint density at radius 2 is 1.65 bits per heavy atom. The third kappa shape index (κ3) is 6.12. The highest BCUT2D eigenvalue weighted by atomic mass is 19.4. The third-order valence-electron chi connectivity index (χ3n) is 4.01. The fraction of sp³-hybridized carbons (Fsp3) is 0.400. The van der Waals surface area contributed by atoms with Crippen LogP contribution in [-0.2, 0) is 17.5 Å². The number of hydrogen-bond acceptors (Lipinski definition) is 3. The van der Waals surface area contributed by atoms with E-state index in [2.05, 4.69) is 17.0 Å². The van der Waals surface area contributed by atoms with Crippen molar-refractivity contribution in [2.45, 2.75) is 18.9 Å². The Hall–Kier alpha value is -1.89. The predicted molar refractivity (Wildman–Crippen MR) is 96.6 cm³/mol. The summed E-state index contributed by atoms with van der Waals surface area (Å²) >= 11 is 0. The maximum absolute atomic E-state index is 12.9. The largest absolute Gasteiger partial charge is 0.416 e. The van der Waals surface area contributed by atoms with Crippen molar-refractivity contribution >= 4 is 0 Å². The van der Waals surface area contributed by atoms with Gasteiger partial charge in [0.05, 0.1) is 12.2 Å². The SMILES string of the molecule is CN(CCOC(c1cccc(C(F)(F)F)c1)N(C)C)Cc1ccccc1. The van der Waals surface area contributed by atoms with Gasteiger partial charge in [0.1, 0.15) is 6.23 Å². The predicted octanol–water partition coefficient (Wildman–Crippen LogP) is 4.41. The van der Waals surface area contributed by atoms with Crippen molar-refractivity contribution < 1.29 is 17.9 Å². The first-order chi connectivity index (χ1) is 12.3. The molecule has 0 spiro atoms. The van der Waals surface area contributed by atoms with Crippen LogP contribution in [0.3, 0.4) is 0 Å². The van der Waals surface area contributed by atoms with Gasteiger partial charge in [0.25, 0.3) is 0 Å². The Labute approximate surface area is 153 Å². The van der Waals surface area contributed by atoms with Crippen LogP contribution >= 0.6 is 0 Å². The summed E-state index contributed by atoms with van der Waals surface area (Å²) in [5.74, 6) is 0. The van der Waals surface area contributed by atoms with E-state index in [1.807, 2.05) is 25.2 Å². The van der Waals surface area contributed by atoms with Gasteiger partial charge in [0.15, 0.2) is 0 Å². The zero-order valence-corrected chi connectivity index (χ0v) is 15.3. The summed E-state index contributed by atoms with van der Waals surface area (Å²) in [7, 11) is 5.57. The molecule has 142 valence electrons. The molecular formula is C20H25F3N2O. The van der Waals surface area contributed by atoms with Crippen LogP contribution in [0.2, 0.25) is 0 Å². The standard InChI is InChI=1S/C20H25F3N2O/c1-24(2)19(17-10-7-11-18(14-17)20(21,22)23)26-13-12-25(3)15-16-8-5-4-6-9-16/h4-11,14,19H,12-13,15H2,1-3H3. The molecule has 1 unspecified atom stereocenters. The van der Waals surface area contributed by atoms with Crippen molar-refractivity contribution in [1.29, 1.82) is 0 Å². The molecule has 0 fully saturated rings. The van der Waals surface area contributed by atoms with Gasteiger partial charge in [-0.05, 0) is 44.4 Å². The summed E-state index contributed by atoms with van der Waals surface area (Å²) in [6.45, 7) is 1.89. The summed E-state index contributed by atoms with van der Waals surface area (Å²) < 4.78 is 44.7. The number of likely N-dealkylation sites (N-methyl/N-ethyl adjacent to an activating group) is 1. The molecule has 0 aliphatic carbocycles. The molecule has 0 heterocycles. The summed E-state index contributed by atoms with van der Waals surface area (Å²) in [6.07, 6.45) is -4.88. The zero-order chi connectivity index (χ0) is 19.2. The second-order valence-corrected chi connectivity index (χ2v) is 6.53. The molecule has 6 heteroatoms. The average molecular weight is 366 g/mol. The number of halogens is 3. The number of hydrogen-bond donors (Lipinski definition) is 0. The topological polar surface area (TPSA) is 15.7 Å². The van der Waals surface area contributed by atoms with Gasteiger partial charge < -0.3 is 4.74 Å². The molecule has 0 saturated heterocycles. The Morgan fingerprint density at radius 1 is 0.962 bits per heavy atom. The van der Waals surface area contributed by atoms with E-state index in [0.29, 0.717) is 18.7 Å². The molecule has 0 bridgehead atoms. The fourth-order valence-corrected chi connectivity index (χ4v) is 2.71. The molecule has 0 aromatic heterocycles. The van der Waals surface area contributed by atoms with Crippen LogP contribution in [0.15, 0.2) is 54.6 Å². The van der Waals surface area contributed by atoms with Crippen molar-refractivity contribution in [1.82, 2.24) is 9.80 Å². The molecule has 0 N–H and O–H groups in total. The number of nitrogens with zero attached hydrogens (tertiary/aromatic N) is 2. The Morgan fingerprint density at radius 3 is 2.27 bits per heavy atom.